The van der Waals surface area contributed by atoms with Crippen molar-refractivity contribution in [1.82, 2.24) is 9.80 Å². The molecule has 0 fully saturated rings. The summed E-state index contributed by atoms with van der Waals surface area (Å²) in [6, 6.07) is 4.85. The van der Waals surface area contributed by atoms with Gasteiger partial charge in [-0.1, -0.05) is 18.5 Å². The van der Waals surface area contributed by atoms with Gasteiger partial charge >= 0.3 is 0 Å². The van der Waals surface area contributed by atoms with Gasteiger partial charge in [-0.25, -0.2) is 13.4 Å². The molecule has 0 bridgehead atoms. The molecule has 0 amide bonds. The average Bonchev–Trinajstić information content (AvgIpc) is 2.37. The van der Waals surface area contributed by atoms with Crippen LogP contribution in [0.4, 0.5) is 0 Å². The van der Waals surface area contributed by atoms with Crippen molar-refractivity contribution in [1.29, 1.82) is 0 Å². The summed E-state index contributed by atoms with van der Waals surface area (Å²) < 4.78 is 23.9. The van der Waals surface area contributed by atoms with Crippen LogP contribution in [0.3, 0.4) is 0 Å². The van der Waals surface area contributed by atoms with Crippen molar-refractivity contribution in [3.05, 3.63) is 28.8 Å². The quantitative estimate of drug-likeness (QED) is 0.626. The zero-order valence-electron chi connectivity index (χ0n) is 13.1. The van der Waals surface area contributed by atoms with E-state index in [1.54, 1.807) is 19.1 Å². The summed E-state index contributed by atoms with van der Waals surface area (Å²) in [4.78, 5) is 8.54. The minimum absolute atomic E-state index is 0.0523. The molecule has 0 heterocycles. The highest BCUT2D eigenvalue weighted by atomic mass is 35.5. The lowest BCUT2D eigenvalue weighted by Gasteiger charge is -2.22. The first-order valence-electron chi connectivity index (χ1n) is 6.58. The summed E-state index contributed by atoms with van der Waals surface area (Å²) >= 11 is 6.02. The molecule has 0 radical (unpaired) electrons. The molecule has 0 aliphatic carbocycles. The van der Waals surface area contributed by atoms with Gasteiger partial charge in [-0.2, -0.15) is 0 Å². The second-order valence-corrected chi connectivity index (χ2v) is 7.82. The maximum atomic E-state index is 11.9. The van der Waals surface area contributed by atoms with Gasteiger partial charge in [0, 0.05) is 33.2 Å². The van der Waals surface area contributed by atoms with Gasteiger partial charge < -0.3 is 9.80 Å². The summed E-state index contributed by atoms with van der Waals surface area (Å²) in [6.07, 6.45) is 0. The third-order valence-electron chi connectivity index (χ3n) is 2.87. The first-order valence-corrected chi connectivity index (χ1v) is 8.61. The Balaban J connectivity index is 3.13. The number of benzene rings is 1. The van der Waals surface area contributed by atoms with Crippen molar-refractivity contribution < 1.29 is 8.42 Å². The number of rotatable bonds is 4. The van der Waals surface area contributed by atoms with E-state index < -0.39 is 9.84 Å². The molecule has 0 N–H and O–H groups in total. The number of nitrogens with zero attached hydrogens (tertiary/aromatic N) is 3. The largest absolute Gasteiger partial charge is 0.349 e. The van der Waals surface area contributed by atoms with Crippen molar-refractivity contribution in [3.8, 4) is 0 Å². The number of guanidine groups is 1. The van der Waals surface area contributed by atoms with Crippen molar-refractivity contribution in [2.45, 2.75) is 18.4 Å². The summed E-state index contributed by atoms with van der Waals surface area (Å²) in [7, 11) is 4.36. The van der Waals surface area contributed by atoms with E-state index in [1.807, 2.05) is 38.0 Å². The van der Waals surface area contributed by atoms with Crippen LogP contribution in [-0.2, 0) is 16.4 Å². The van der Waals surface area contributed by atoms with E-state index in [0.717, 1.165) is 11.5 Å². The van der Waals surface area contributed by atoms with E-state index in [4.69, 9.17) is 11.6 Å². The van der Waals surface area contributed by atoms with Crippen molar-refractivity contribution in [3.63, 3.8) is 0 Å². The minimum Gasteiger partial charge on any atom is -0.349 e. The molecular formula is C14H22ClN3O2S. The van der Waals surface area contributed by atoms with Crippen LogP contribution in [0.1, 0.15) is 12.5 Å². The zero-order valence-corrected chi connectivity index (χ0v) is 14.7. The fourth-order valence-electron chi connectivity index (χ4n) is 1.90. The minimum atomic E-state index is -3.27. The van der Waals surface area contributed by atoms with Crippen LogP contribution in [0, 0.1) is 0 Å². The number of sulfone groups is 1. The second kappa shape index (κ2) is 7.13. The first-order chi connectivity index (χ1) is 9.67. The SMILES string of the molecule is CCS(=O)(=O)c1cc(Cl)cc(CN=C(N(C)C)N(C)C)c1. The summed E-state index contributed by atoms with van der Waals surface area (Å²) in [6.45, 7) is 1.99. The van der Waals surface area contributed by atoms with Crippen molar-refractivity contribution in [2.24, 2.45) is 4.99 Å². The summed E-state index contributed by atoms with van der Waals surface area (Å²) in [5.74, 6) is 0.853. The first kappa shape index (κ1) is 17.8. The Bertz CT molecular complexity index is 615. The molecule has 0 atom stereocenters. The number of hydrogen-bond acceptors (Lipinski definition) is 3. The molecule has 1 rings (SSSR count). The number of aliphatic imine (C=N–C) groups is 1. The average molecular weight is 332 g/mol. The maximum Gasteiger partial charge on any atom is 0.195 e. The van der Waals surface area contributed by atoms with Gasteiger partial charge in [0.2, 0.25) is 0 Å². The Morgan fingerprint density at radius 1 is 1.14 bits per heavy atom. The van der Waals surface area contributed by atoms with Crippen LogP contribution >= 0.6 is 11.6 Å². The fraction of sp³-hybridized carbons (Fsp3) is 0.500. The molecule has 0 saturated carbocycles. The van der Waals surface area contributed by atoms with Crippen LogP contribution in [-0.4, -0.2) is 58.1 Å². The third-order valence-corrected chi connectivity index (χ3v) is 4.81. The lowest BCUT2D eigenvalue weighted by molar-refractivity contribution is 0.479. The van der Waals surface area contributed by atoms with Gasteiger partial charge in [-0.05, 0) is 23.8 Å². The van der Waals surface area contributed by atoms with Crippen molar-refractivity contribution >= 4 is 27.4 Å². The number of hydrogen-bond donors (Lipinski definition) is 0. The highest BCUT2D eigenvalue weighted by Gasteiger charge is 2.13. The van der Waals surface area contributed by atoms with Crippen LogP contribution in [0.2, 0.25) is 5.02 Å². The molecule has 0 saturated heterocycles. The molecule has 0 aliphatic heterocycles. The van der Waals surface area contributed by atoms with E-state index in [1.165, 1.54) is 6.07 Å². The van der Waals surface area contributed by atoms with Gasteiger partial charge in [-0.15, -0.1) is 0 Å². The predicted molar refractivity (Wildman–Crippen MR) is 87.7 cm³/mol. The van der Waals surface area contributed by atoms with Crippen molar-refractivity contribution in [2.75, 3.05) is 33.9 Å². The molecule has 0 aromatic heterocycles. The summed E-state index contributed by atoms with van der Waals surface area (Å²) in [5.41, 5.74) is 0.774. The van der Waals surface area contributed by atoms with Gasteiger partial charge in [0.05, 0.1) is 17.2 Å². The topological polar surface area (TPSA) is 53.0 Å². The zero-order chi connectivity index (χ0) is 16.2. The lowest BCUT2D eigenvalue weighted by atomic mass is 10.2. The highest BCUT2D eigenvalue weighted by molar-refractivity contribution is 7.91. The van der Waals surface area contributed by atoms with Gasteiger partial charge in [0.25, 0.3) is 0 Å². The molecule has 0 unspecified atom stereocenters. The Morgan fingerprint density at radius 3 is 2.19 bits per heavy atom. The smallest absolute Gasteiger partial charge is 0.195 e. The van der Waals surface area contributed by atoms with Gasteiger partial charge in [0.15, 0.2) is 15.8 Å². The highest BCUT2D eigenvalue weighted by Crippen LogP contribution is 2.20. The molecule has 118 valence electrons. The molecule has 21 heavy (non-hydrogen) atoms. The van der Waals surface area contributed by atoms with E-state index in [9.17, 15) is 8.42 Å². The molecule has 0 aliphatic rings. The Morgan fingerprint density at radius 2 is 1.71 bits per heavy atom. The Hall–Kier alpha value is -1.27. The van der Waals surface area contributed by atoms with Gasteiger partial charge in [0.1, 0.15) is 0 Å². The predicted octanol–water partition coefficient (Wildman–Crippen LogP) is 2.11. The molecule has 1 aromatic carbocycles. The van der Waals surface area contributed by atoms with Crippen LogP contribution < -0.4 is 0 Å². The lowest BCUT2D eigenvalue weighted by Crippen LogP contribution is -2.35. The standard InChI is InChI=1S/C14H22ClN3O2S/c1-6-21(19,20)13-8-11(7-12(15)9-13)10-16-14(17(2)3)18(4)5/h7-9H,6,10H2,1-5H3. The maximum absolute atomic E-state index is 11.9. The van der Waals surface area contributed by atoms with E-state index >= 15 is 0 Å². The Labute approximate surface area is 132 Å². The molecular weight excluding hydrogens is 310 g/mol. The molecule has 7 heteroatoms. The fourth-order valence-corrected chi connectivity index (χ4v) is 3.20. The third kappa shape index (κ3) is 4.89. The van der Waals surface area contributed by atoms with E-state index in [-0.39, 0.29) is 10.6 Å². The Kier molecular flexibility index (Phi) is 6.04. The van der Waals surface area contributed by atoms with E-state index in [2.05, 4.69) is 4.99 Å². The van der Waals surface area contributed by atoms with Crippen LogP contribution in [0.15, 0.2) is 28.1 Å². The van der Waals surface area contributed by atoms with E-state index in [0.29, 0.717) is 11.6 Å². The molecule has 5 nitrogen and oxygen atoms in total. The second-order valence-electron chi connectivity index (χ2n) is 5.10. The number of halogens is 1. The molecule has 1 aromatic rings. The monoisotopic (exact) mass is 331 g/mol. The summed E-state index contributed by atoms with van der Waals surface area (Å²) in [5, 5.41) is 0.408. The van der Waals surface area contributed by atoms with Gasteiger partial charge in [-0.3, -0.25) is 0 Å². The van der Waals surface area contributed by atoms with Crippen LogP contribution in [0.25, 0.3) is 0 Å². The molecule has 0 spiro atoms. The van der Waals surface area contributed by atoms with Crippen LogP contribution in [0.5, 0.6) is 0 Å². The normalized spacial score (nSPS) is 11.1.